The van der Waals surface area contributed by atoms with Gasteiger partial charge in [-0.15, -0.1) is 0 Å². The number of hydrogen-bond donors (Lipinski definition) is 1. The Hall–Kier alpha value is -1.56. The molecule has 0 saturated carbocycles. The number of carbonyl (C=O) groups excluding carboxylic acids is 1. The first-order valence-electron chi connectivity index (χ1n) is 5.88. The molecule has 19 heavy (non-hydrogen) atoms. The molecule has 0 fully saturated rings. The lowest BCUT2D eigenvalue weighted by molar-refractivity contribution is -0.147. The van der Waals surface area contributed by atoms with Crippen molar-refractivity contribution < 1.29 is 22.7 Å². The van der Waals surface area contributed by atoms with Crippen molar-refractivity contribution in [2.24, 2.45) is 5.73 Å². The molecule has 0 bridgehead atoms. The number of nitrogens with two attached hydrogens (primary N) is 1. The fraction of sp³-hybridized carbons (Fsp3) is 0.462. The van der Waals surface area contributed by atoms with E-state index in [2.05, 4.69) is 0 Å². The van der Waals surface area contributed by atoms with E-state index in [0.29, 0.717) is 6.07 Å². The summed E-state index contributed by atoms with van der Waals surface area (Å²) in [5.74, 6) is -3.79. The van der Waals surface area contributed by atoms with E-state index in [9.17, 15) is 18.0 Å². The molecule has 0 aromatic heterocycles. The van der Waals surface area contributed by atoms with Crippen molar-refractivity contribution in [3.63, 3.8) is 0 Å². The van der Waals surface area contributed by atoms with Crippen molar-refractivity contribution >= 4 is 5.97 Å². The minimum Gasteiger partial charge on any atom is -0.463 e. The molecular formula is C13H16F3NO2. The molecule has 0 aliphatic rings. The van der Waals surface area contributed by atoms with Crippen LogP contribution in [0.1, 0.15) is 25.8 Å². The molecule has 1 aromatic rings. The van der Waals surface area contributed by atoms with Crippen LogP contribution in [0.4, 0.5) is 13.2 Å². The molecule has 0 amide bonds. The summed E-state index contributed by atoms with van der Waals surface area (Å²) < 4.78 is 43.9. The second-order valence-electron chi connectivity index (χ2n) is 4.56. The Bertz CT molecular complexity index is 463. The highest BCUT2D eigenvalue weighted by molar-refractivity contribution is 5.70. The normalized spacial score (nSPS) is 12.6. The number of carbonyl (C=O) groups is 1. The van der Waals surface area contributed by atoms with Crippen LogP contribution in [0.3, 0.4) is 0 Å². The van der Waals surface area contributed by atoms with Crippen molar-refractivity contribution in [1.29, 1.82) is 0 Å². The summed E-state index contributed by atoms with van der Waals surface area (Å²) >= 11 is 0. The van der Waals surface area contributed by atoms with Gasteiger partial charge in [-0.05, 0) is 31.9 Å². The molecule has 106 valence electrons. The Labute approximate surface area is 109 Å². The van der Waals surface area contributed by atoms with Gasteiger partial charge in [0.1, 0.15) is 5.82 Å². The lowest BCUT2D eigenvalue weighted by atomic mass is 10.0. The van der Waals surface area contributed by atoms with Gasteiger partial charge in [0.2, 0.25) is 0 Å². The van der Waals surface area contributed by atoms with Gasteiger partial charge < -0.3 is 10.5 Å². The summed E-state index contributed by atoms with van der Waals surface area (Å²) in [6.07, 6.45) is -0.452. The first-order chi connectivity index (χ1) is 8.79. The van der Waals surface area contributed by atoms with Crippen molar-refractivity contribution in [1.82, 2.24) is 0 Å². The van der Waals surface area contributed by atoms with Gasteiger partial charge >= 0.3 is 5.97 Å². The van der Waals surface area contributed by atoms with Gasteiger partial charge in [0.25, 0.3) is 0 Å². The Morgan fingerprint density at radius 1 is 1.21 bits per heavy atom. The molecule has 1 atom stereocenters. The average Bonchev–Trinajstić information content (AvgIpc) is 2.24. The molecule has 0 saturated heterocycles. The fourth-order valence-corrected chi connectivity index (χ4v) is 1.60. The van der Waals surface area contributed by atoms with Crippen molar-refractivity contribution in [2.75, 3.05) is 0 Å². The largest absolute Gasteiger partial charge is 0.463 e. The summed E-state index contributed by atoms with van der Waals surface area (Å²) in [6.45, 7) is 3.39. The number of halogens is 3. The van der Waals surface area contributed by atoms with Gasteiger partial charge in [-0.3, -0.25) is 4.79 Å². The highest BCUT2D eigenvalue weighted by Gasteiger charge is 2.16. The molecular weight excluding hydrogens is 259 g/mol. The quantitative estimate of drug-likeness (QED) is 0.662. The van der Waals surface area contributed by atoms with Crippen LogP contribution in [0.15, 0.2) is 12.1 Å². The topological polar surface area (TPSA) is 52.3 Å². The standard InChI is InChI=1S/C13H16F3NO2/c1-7(2)19-13(18)5-9(17)3-8-4-11(15)12(16)6-10(8)14/h4,6-7,9H,3,5,17H2,1-2H3. The summed E-state index contributed by atoms with van der Waals surface area (Å²) in [5.41, 5.74) is 5.59. The minimum absolute atomic E-state index is 0.0660. The maximum absolute atomic E-state index is 13.4. The number of rotatable bonds is 5. The Morgan fingerprint density at radius 3 is 2.37 bits per heavy atom. The summed E-state index contributed by atoms with van der Waals surface area (Å²) in [6, 6.07) is 0.493. The second kappa shape index (κ2) is 6.56. The van der Waals surface area contributed by atoms with Crippen molar-refractivity contribution in [3.8, 4) is 0 Å². The first kappa shape index (κ1) is 15.5. The van der Waals surface area contributed by atoms with Crippen molar-refractivity contribution in [2.45, 2.75) is 38.8 Å². The maximum atomic E-state index is 13.4. The van der Waals surface area contributed by atoms with Crippen LogP contribution in [-0.2, 0) is 16.0 Å². The molecule has 0 heterocycles. The van der Waals surface area contributed by atoms with Crippen molar-refractivity contribution in [3.05, 3.63) is 35.1 Å². The van der Waals surface area contributed by atoms with Crippen LogP contribution in [0.2, 0.25) is 0 Å². The summed E-state index contributed by atoms with van der Waals surface area (Å²) in [7, 11) is 0. The predicted molar refractivity (Wildman–Crippen MR) is 63.8 cm³/mol. The van der Waals surface area contributed by atoms with Crippen LogP contribution in [0.5, 0.6) is 0 Å². The highest BCUT2D eigenvalue weighted by Crippen LogP contribution is 2.15. The van der Waals surface area contributed by atoms with E-state index in [0.717, 1.165) is 6.07 Å². The van der Waals surface area contributed by atoms with E-state index in [1.165, 1.54) is 0 Å². The van der Waals surface area contributed by atoms with Gasteiger partial charge in [-0.2, -0.15) is 0 Å². The van der Waals surface area contributed by atoms with E-state index >= 15 is 0 Å². The number of benzene rings is 1. The predicted octanol–water partition coefficient (Wildman–Crippen LogP) is 2.32. The van der Waals surface area contributed by atoms with Crippen LogP contribution >= 0.6 is 0 Å². The molecule has 1 aromatic carbocycles. The molecule has 2 N–H and O–H groups in total. The molecule has 0 aliphatic heterocycles. The van der Waals surface area contributed by atoms with Gasteiger partial charge in [-0.1, -0.05) is 0 Å². The van der Waals surface area contributed by atoms with Crippen LogP contribution in [0, 0.1) is 17.5 Å². The molecule has 0 radical (unpaired) electrons. The lowest BCUT2D eigenvalue weighted by Crippen LogP contribution is -2.28. The Morgan fingerprint density at radius 2 is 1.79 bits per heavy atom. The summed E-state index contributed by atoms with van der Waals surface area (Å²) in [5, 5.41) is 0. The molecule has 3 nitrogen and oxygen atoms in total. The zero-order valence-electron chi connectivity index (χ0n) is 10.8. The zero-order valence-corrected chi connectivity index (χ0v) is 10.8. The Balaban J connectivity index is 2.64. The highest BCUT2D eigenvalue weighted by atomic mass is 19.2. The van der Waals surface area contributed by atoms with Gasteiger partial charge in [0.15, 0.2) is 11.6 Å². The van der Waals surface area contributed by atoms with Crippen LogP contribution < -0.4 is 5.73 Å². The monoisotopic (exact) mass is 275 g/mol. The van der Waals surface area contributed by atoms with Gasteiger partial charge in [0, 0.05) is 12.1 Å². The molecule has 1 unspecified atom stereocenters. The average molecular weight is 275 g/mol. The van der Waals surface area contributed by atoms with E-state index < -0.39 is 29.5 Å². The Kier molecular flexibility index (Phi) is 5.35. The molecule has 6 heteroatoms. The fourth-order valence-electron chi connectivity index (χ4n) is 1.60. The summed E-state index contributed by atoms with van der Waals surface area (Å²) in [4.78, 5) is 11.3. The zero-order chi connectivity index (χ0) is 14.6. The lowest BCUT2D eigenvalue weighted by Gasteiger charge is -2.13. The SMILES string of the molecule is CC(C)OC(=O)CC(N)Cc1cc(F)c(F)cc1F. The third kappa shape index (κ3) is 4.90. The molecule has 0 spiro atoms. The van der Waals surface area contributed by atoms with E-state index in [-0.39, 0.29) is 24.5 Å². The third-order valence-electron chi connectivity index (χ3n) is 2.37. The molecule has 1 rings (SSSR count). The second-order valence-corrected chi connectivity index (χ2v) is 4.56. The van der Waals surface area contributed by atoms with E-state index in [1.807, 2.05) is 0 Å². The van der Waals surface area contributed by atoms with Gasteiger partial charge in [-0.25, -0.2) is 13.2 Å². The molecule has 0 aliphatic carbocycles. The van der Waals surface area contributed by atoms with E-state index in [4.69, 9.17) is 10.5 Å². The van der Waals surface area contributed by atoms with E-state index in [1.54, 1.807) is 13.8 Å². The van der Waals surface area contributed by atoms with Gasteiger partial charge in [0.05, 0.1) is 12.5 Å². The third-order valence-corrected chi connectivity index (χ3v) is 2.37. The van der Waals surface area contributed by atoms with Crippen LogP contribution in [-0.4, -0.2) is 18.1 Å². The number of hydrogen-bond acceptors (Lipinski definition) is 3. The number of ether oxygens (including phenoxy) is 1. The maximum Gasteiger partial charge on any atom is 0.307 e. The van der Waals surface area contributed by atoms with Crippen LogP contribution in [0.25, 0.3) is 0 Å². The minimum atomic E-state index is -1.26. The number of esters is 1. The smallest absolute Gasteiger partial charge is 0.307 e. The first-order valence-corrected chi connectivity index (χ1v) is 5.88.